The van der Waals surface area contributed by atoms with Crippen LogP contribution in [0.5, 0.6) is 5.75 Å². The molecule has 0 aromatic heterocycles. The number of nitrogens with zero attached hydrogens (tertiary/aromatic N) is 1. The van der Waals surface area contributed by atoms with E-state index in [0.717, 1.165) is 48.2 Å². The van der Waals surface area contributed by atoms with E-state index < -0.39 is 17.3 Å². The molecule has 1 aliphatic carbocycles. The fourth-order valence-corrected chi connectivity index (χ4v) is 4.48. The summed E-state index contributed by atoms with van der Waals surface area (Å²) in [5.74, 6) is -0.0521. The lowest BCUT2D eigenvalue weighted by Crippen LogP contribution is -2.50. The Hall–Kier alpha value is -2.96. The molecule has 0 radical (unpaired) electrons. The quantitative estimate of drug-likeness (QED) is 0.640. The number of rotatable bonds is 3. The van der Waals surface area contributed by atoms with Crippen LogP contribution in [0.25, 0.3) is 5.57 Å². The lowest BCUT2D eigenvalue weighted by molar-refractivity contribution is -0.146. The van der Waals surface area contributed by atoms with E-state index in [4.69, 9.17) is 9.47 Å². The number of esters is 1. The summed E-state index contributed by atoms with van der Waals surface area (Å²) in [6.07, 6.45) is 0.219. The predicted octanol–water partition coefficient (Wildman–Crippen LogP) is 5.06. The Morgan fingerprint density at radius 2 is 1.94 bits per heavy atom. The number of benzene rings is 2. The van der Waals surface area contributed by atoms with Crippen LogP contribution in [0.2, 0.25) is 0 Å². The maximum atomic E-state index is 13.3. The van der Waals surface area contributed by atoms with Gasteiger partial charge in [-0.3, -0.25) is 4.79 Å². The molecule has 2 aromatic carbocycles. The van der Waals surface area contributed by atoms with Crippen molar-refractivity contribution in [1.29, 1.82) is 0 Å². The molecule has 2 aliphatic heterocycles. The highest BCUT2D eigenvalue weighted by atomic mass is 19.4. The lowest BCUT2D eigenvalue weighted by Gasteiger charge is -2.43. The van der Waals surface area contributed by atoms with Gasteiger partial charge in [-0.1, -0.05) is 18.2 Å². The third-order valence-corrected chi connectivity index (χ3v) is 6.46. The van der Waals surface area contributed by atoms with Gasteiger partial charge in [-0.2, -0.15) is 13.2 Å². The predicted molar refractivity (Wildman–Crippen MR) is 110 cm³/mol. The second kappa shape index (κ2) is 7.04. The van der Waals surface area contributed by atoms with Crippen molar-refractivity contribution in [2.45, 2.75) is 31.0 Å². The first-order valence-electron chi connectivity index (χ1n) is 10.3. The van der Waals surface area contributed by atoms with E-state index in [1.807, 2.05) is 24.3 Å². The van der Waals surface area contributed by atoms with Crippen LogP contribution in [-0.2, 0) is 15.7 Å². The highest BCUT2D eigenvalue weighted by molar-refractivity contribution is 5.86. The van der Waals surface area contributed by atoms with Gasteiger partial charge in [0, 0.05) is 24.3 Å². The summed E-state index contributed by atoms with van der Waals surface area (Å²) in [5.41, 5.74) is 2.22. The summed E-state index contributed by atoms with van der Waals surface area (Å²) in [7, 11) is 1.39. The van der Waals surface area contributed by atoms with Crippen molar-refractivity contribution >= 4 is 17.2 Å². The molecular weight excluding hydrogens is 407 g/mol. The number of methoxy groups -OCH3 is 1. The second-order valence-corrected chi connectivity index (χ2v) is 8.46. The molecule has 1 saturated carbocycles. The van der Waals surface area contributed by atoms with E-state index in [1.165, 1.54) is 13.2 Å². The third-order valence-electron chi connectivity index (χ3n) is 6.46. The van der Waals surface area contributed by atoms with Crippen LogP contribution >= 0.6 is 0 Å². The minimum atomic E-state index is -4.42. The second-order valence-electron chi connectivity index (χ2n) is 8.46. The average Bonchev–Trinajstić information content (AvgIpc) is 2.69. The number of alkyl halides is 3. The smallest absolute Gasteiger partial charge is 0.416 e. The minimum absolute atomic E-state index is 0.129. The maximum absolute atomic E-state index is 13.3. The molecule has 162 valence electrons. The van der Waals surface area contributed by atoms with Crippen molar-refractivity contribution in [3.05, 3.63) is 65.2 Å². The molecule has 5 rings (SSSR count). The van der Waals surface area contributed by atoms with Crippen LogP contribution in [-0.4, -0.2) is 31.8 Å². The first-order chi connectivity index (χ1) is 14.8. The summed E-state index contributed by atoms with van der Waals surface area (Å²) in [5, 5.41) is 0. The van der Waals surface area contributed by atoms with Crippen molar-refractivity contribution in [3.8, 4) is 5.75 Å². The Bertz CT molecular complexity index is 1070. The number of hydrogen-bond acceptors (Lipinski definition) is 4. The number of anilines is 1. The number of carbonyl (C=O) groups is 1. The zero-order chi connectivity index (χ0) is 21.8. The molecule has 31 heavy (non-hydrogen) atoms. The molecule has 3 aliphatic rings. The number of ether oxygens (including phenoxy) is 2. The third kappa shape index (κ3) is 3.46. The van der Waals surface area contributed by atoms with Gasteiger partial charge in [0.2, 0.25) is 0 Å². The molecule has 2 aromatic rings. The summed E-state index contributed by atoms with van der Waals surface area (Å²) >= 11 is 0. The van der Waals surface area contributed by atoms with Crippen molar-refractivity contribution in [3.63, 3.8) is 0 Å². The first-order valence-corrected chi connectivity index (χ1v) is 10.3. The maximum Gasteiger partial charge on any atom is 0.416 e. The van der Waals surface area contributed by atoms with Crippen LogP contribution in [0.15, 0.2) is 48.5 Å². The topological polar surface area (TPSA) is 38.8 Å². The molecule has 1 saturated heterocycles. The normalized spacial score (nSPS) is 19.6. The molecule has 0 N–H and O–H groups in total. The van der Waals surface area contributed by atoms with E-state index >= 15 is 0 Å². The van der Waals surface area contributed by atoms with E-state index in [0.29, 0.717) is 18.7 Å². The van der Waals surface area contributed by atoms with Crippen LogP contribution in [0.4, 0.5) is 18.9 Å². The van der Waals surface area contributed by atoms with E-state index in [2.05, 4.69) is 11.0 Å². The van der Waals surface area contributed by atoms with Crippen LogP contribution in [0.3, 0.4) is 0 Å². The summed E-state index contributed by atoms with van der Waals surface area (Å²) in [6, 6.07) is 11.6. The van der Waals surface area contributed by atoms with Gasteiger partial charge >= 0.3 is 12.1 Å². The van der Waals surface area contributed by atoms with E-state index in [9.17, 15) is 18.0 Å². The van der Waals surface area contributed by atoms with Crippen molar-refractivity contribution in [2.75, 3.05) is 25.1 Å². The molecule has 4 nitrogen and oxygen atoms in total. The molecule has 2 heterocycles. The number of halogens is 3. The Morgan fingerprint density at radius 1 is 1.16 bits per heavy atom. The summed E-state index contributed by atoms with van der Waals surface area (Å²) in [6.45, 7) is 1.18. The fraction of sp³-hybridized carbons (Fsp3) is 0.375. The number of carbonyl (C=O) groups excluding carboxylic acids is 1. The van der Waals surface area contributed by atoms with Gasteiger partial charge < -0.3 is 14.4 Å². The summed E-state index contributed by atoms with van der Waals surface area (Å²) < 4.78 is 50.6. The minimum Gasteiger partial charge on any atom is -0.483 e. The van der Waals surface area contributed by atoms with E-state index in [1.54, 1.807) is 0 Å². The first kappa shape index (κ1) is 20.0. The molecule has 0 amide bonds. The Kier molecular flexibility index (Phi) is 4.53. The van der Waals surface area contributed by atoms with Crippen LogP contribution in [0.1, 0.15) is 36.0 Å². The summed E-state index contributed by atoms with van der Waals surface area (Å²) in [4.78, 5) is 13.8. The van der Waals surface area contributed by atoms with Gasteiger partial charge in [-0.15, -0.1) is 0 Å². The average molecular weight is 429 g/mol. The molecule has 2 fully saturated rings. The standard InChI is InChI=1S/C24H22F3NO3/c1-30-22(29)16-13-28(14-16)18-5-2-4-15(10-18)20-12-23(8-3-9-23)31-21-11-17(24(25,26)27)6-7-19(20)21/h2,4-7,10-12,16H,3,8-9,13-14H2,1H3. The highest BCUT2D eigenvalue weighted by Crippen LogP contribution is 2.49. The Labute approximate surface area is 178 Å². The SMILES string of the molecule is COC(=O)C1CN(c2cccc(C3=CC4(CCC4)Oc4cc(C(F)(F)F)ccc43)c2)C1. The van der Waals surface area contributed by atoms with Crippen molar-refractivity contribution in [2.24, 2.45) is 5.92 Å². The molecule has 0 bridgehead atoms. The van der Waals surface area contributed by atoms with Crippen LogP contribution < -0.4 is 9.64 Å². The van der Waals surface area contributed by atoms with Gasteiger partial charge in [-0.25, -0.2) is 0 Å². The zero-order valence-corrected chi connectivity index (χ0v) is 17.0. The largest absolute Gasteiger partial charge is 0.483 e. The lowest BCUT2D eigenvalue weighted by atomic mass is 9.75. The van der Waals surface area contributed by atoms with Gasteiger partial charge in [0.25, 0.3) is 0 Å². The highest BCUT2D eigenvalue weighted by Gasteiger charge is 2.42. The van der Waals surface area contributed by atoms with Gasteiger partial charge in [0.05, 0.1) is 18.6 Å². The fourth-order valence-electron chi connectivity index (χ4n) is 4.48. The monoisotopic (exact) mass is 429 g/mol. The van der Waals surface area contributed by atoms with Gasteiger partial charge in [0.1, 0.15) is 11.4 Å². The Balaban J connectivity index is 1.49. The Morgan fingerprint density at radius 3 is 2.58 bits per heavy atom. The van der Waals surface area contributed by atoms with Gasteiger partial charge in [-0.05, 0) is 60.7 Å². The molecular formula is C24H22F3NO3. The van der Waals surface area contributed by atoms with Crippen LogP contribution in [0, 0.1) is 5.92 Å². The number of hydrogen-bond donors (Lipinski definition) is 0. The van der Waals surface area contributed by atoms with Crippen molar-refractivity contribution in [1.82, 2.24) is 0 Å². The van der Waals surface area contributed by atoms with Gasteiger partial charge in [0.15, 0.2) is 0 Å². The molecule has 7 heteroatoms. The molecule has 0 unspecified atom stereocenters. The molecule has 0 atom stereocenters. The van der Waals surface area contributed by atoms with E-state index in [-0.39, 0.29) is 17.6 Å². The molecule has 1 spiro atoms. The number of fused-ring (bicyclic) bond motifs is 1. The zero-order valence-electron chi connectivity index (χ0n) is 17.0. The van der Waals surface area contributed by atoms with Crippen molar-refractivity contribution < 1.29 is 27.4 Å².